The van der Waals surface area contributed by atoms with Gasteiger partial charge in [0.2, 0.25) is 0 Å². The van der Waals surface area contributed by atoms with E-state index >= 15 is 0 Å². The first kappa shape index (κ1) is 12.3. The molecular weight excluding hydrogens is 252 g/mol. The van der Waals surface area contributed by atoms with Gasteiger partial charge >= 0.3 is 0 Å². The zero-order chi connectivity index (χ0) is 13.8. The van der Waals surface area contributed by atoms with Gasteiger partial charge < -0.3 is 15.8 Å². The normalized spacial score (nSPS) is 10.6. The average Bonchev–Trinajstić information content (AvgIpc) is 2.91. The zero-order valence-corrected chi connectivity index (χ0v) is 11.0. The molecule has 1 aromatic heterocycles. The Morgan fingerprint density at radius 3 is 2.90 bits per heavy atom. The molecule has 4 N–H and O–H groups in total. The number of benzene rings is 2. The molecule has 3 aromatic rings. The highest BCUT2D eigenvalue weighted by atomic mass is 16.5. The van der Waals surface area contributed by atoms with Crippen molar-refractivity contribution < 1.29 is 4.74 Å². The summed E-state index contributed by atoms with van der Waals surface area (Å²) in [6.07, 6.45) is 1.76. The molecule has 0 aliphatic rings. The standard InChI is InChI=1S/C15H16N4O/c16-13-8-11-10-18-19-14(11)9-15(13)17-6-7-20-12-4-2-1-3-5-12/h1-5,8-10,17H,6-7,16H2,(H,18,19). The zero-order valence-electron chi connectivity index (χ0n) is 11.0. The number of H-pyrrole nitrogens is 1. The number of nitrogens with two attached hydrogens (primary N) is 1. The van der Waals surface area contributed by atoms with E-state index in [1.54, 1.807) is 6.20 Å². The van der Waals surface area contributed by atoms with E-state index in [-0.39, 0.29) is 0 Å². The number of ether oxygens (including phenoxy) is 1. The van der Waals surface area contributed by atoms with E-state index < -0.39 is 0 Å². The second-order valence-corrected chi connectivity index (χ2v) is 4.49. The molecule has 0 aliphatic carbocycles. The summed E-state index contributed by atoms with van der Waals surface area (Å²) in [5.41, 5.74) is 8.55. The molecule has 1 heterocycles. The number of rotatable bonds is 5. The predicted octanol–water partition coefficient (Wildman–Crippen LogP) is 2.64. The highest BCUT2D eigenvalue weighted by Gasteiger charge is 2.03. The molecule has 0 saturated heterocycles. The van der Waals surface area contributed by atoms with Gasteiger partial charge in [-0.2, -0.15) is 5.10 Å². The van der Waals surface area contributed by atoms with Crippen molar-refractivity contribution in [2.75, 3.05) is 24.2 Å². The number of aromatic amines is 1. The molecule has 0 spiro atoms. The molecule has 0 aliphatic heterocycles. The SMILES string of the molecule is Nc1cc2cn[nH]c2cc1NCCOc1ccccc1. The molecule has 0 bridgehead atoms. The van der Waals surface area contributed by atoms with E-state index in [9.17, 15) is 0 Å². The smallest absolute Gasteiger partial charge is 0.119 e. The molecular formula is C15H16N4O. The van der Waals surface area contributed by atoms with Gasteiger partial charge in [0.15, 0.2) is 0 Å². The third-order valence-corrected chi connectivity index (χ3v) is 3.04. The summed E-state index contributed by atoms with van der Waals surface area (Å²) in [7, 11) is 0. The lowest BCUT2D eigenvalue weighted by Crippen LogP contribution is -2.12. The van der Waals surface area contributed by atoms with Crippen molar-refractivity contribution in [1.29, 1.82) is 0 Å². The van der Waals surface area contributed by atoms with Crippen LogP contribution in [-0.2, 0) is 0 Å². The van der Waals surface area contributed by atoms with Crippen LogP contribution in [0.3, 0.4) is 0 Å². The van der Waals surface area contributed by atoms with Gasteiger partial charge in [0.25, 0.3) is 0 Å². The van der Waals surface area contributed by atoms with Gasteiger partial charge in [0.1, 0.15) is 12.4 Å². The van der Waals surface area contributed by atoms with Crippen molar-refractivity contribution in [3.8, 4) is 5.75 Å². The summed E-state index contributed by atoms with van der Waals surface area (Å²) in [6, 6.07) is 13.6. The van der Waals surface area contributed by atoms with Crippen LogP contribution >= 0.6 is 0 Å². The second-order valence-electron chi connectivity index (χ2n) is 4.49. The maximum Gasteiger partial charge on any atom is 0.119 e. The van der Waals surface area contributed by atoms with E-state index in [2.05, 4.69) is 15.5 Å². The minimum Gasteiger partial charge on any atom is -0.492 e. The van der Waals surface area contributed by atoms with Crippen molar-refractivity contribution in [2.45, 2.75) is 0 Å². The average molecular weight is 268 g/mol. The quantitative estimate of drug-likeness (QED) is 0.491. The van der Waals surface area contributed by atoms with Crippen LogP contribution in [0, 0.1) is 0 Å². The summed E-state index contributed by atoms with van der Waals surface area (Å²) >= 11 is 0. The van der Waals surface area contributed by atoms with Crippen molar-refractivity contribution in [3.05, 3.63) is 48.7 Å². The number of para-hydroxylation sites is 1. The lowest BCUT2D eigenvalue weighted by atomic mass is 10.2. The van der Waals surface area contributed by atoms with Gasteiger partial charge in [-0.1, -0.05) is 18.2 Å². The number of hydrogen-bond acceptors (Lipinski definition) is 4. The van der Waals surface area contributed by atoms with Crippen LogP contribution in [0.15, 0.2) is 48.7 Å². The van der Waals surface area contributed by atoms with Gasteiger partial charge in [-0.25, -0.2) is 0 Å². The molecule has 5 heteroatoms. The molecule has 3 rings (SSSR count). The van der Waals surface area contributed by atoms with Crippen molar-refractivity contribution >= 4 is 22.3 Å². The summed E-state index contributed by atoms with van der Waals surface area (Å²) in [5, 5.41) is 11.2. The fourth-order valence-electron chi connectivity index (χ4n) is 2.03. The van der Waals surface area contributed by atoms with E-state index in [4.69, 9.17) is 10.5 Å². The first-order valence-electron chi connectivity index (χ1n) is 6.47. The number of nitrogen functional groups attached to an aromatic ring is 1. The number of hydrogen-bond donors (Lipinski definition) is 3. The molecule has 0 radical (unpaired) electrons. The molecule has 0 atom stereocenters. The van der Waals surface area contributed by atoms with Gasteiger partial charge in [-0.15, -0.1) is 0 Å². The maximum absolute atomic E-state index is 5.99. The van der Waals surface area contributed by atoms with Crippen LogP contribution in [-0.4, -0.2) is 23.3 Å². The molecule has 0 fully saturated rings. The fourth-order valence-corrected chi connectivity index (χ4v) is 2.03. The largest absolute Gasteiger partial charge is 0.492 e. The van der Waals surface area contributed by atoms with E-state index in [0.717, 1.165) is 22.3 Å². The first-order chi connectivity index (χ1) is 9.83. The number of nitrogens with zero attached hydrogens (tertiary/aromatic N) is 1. The van der Waals surface area contributed by atoms with Gasteiger partial charge in [-0.3, -0.25) is 5.10 Å². The van der Waals surface area contributed by atoms with Gasteiger partial charge in [0.05, 0.1) is 23.1 Å². The first-order valence-corrected chi connectivity index (χ1v) is 6.47. The number of aromatic nitrogens is 2. The lowest BCUT2D eigenvalue weighted by Gasteiger charge is -2.10. The van der Waals surface area contributed by atoms with E-state index in [1.165, 1.54) is 0 Å². The Kier molecular flexibility index (Phi) is 3.41. The van der Waals surface area contributed by atoms with Gasteiger partial charge in [-0.05, 0) is 24.3 Å². The minimum atomic E-state index is 0.574. The molecule has 2 aromatic carbocycles. The number of nitrogens with one attached hydrogen (secondary N) is 2. The van der Waals surface area contributed by atoms with Crippen LogP contribution in [0.2, 0.25) is 0 Å². The van der Waals surface area contributed by atoms with E-state index in [1.807, 2.05) is 42.5 Å². The highest BCUT2D eigenvalue weighted by molar-refractivity contribution is 5.88. The van der Waals surface area contributed by atoms with Crippen LogP contribution in [0.1, 0.15) is 0 Å². The fraction of sp³-hybridized carbons (Fsp3) is 0.133. The van der Waals surface area contributed by atoms with Gasteiger partial charge in [0, 0.05) is 11.9 Å². The summed E-state index contributed by atoms with van der Waals surface area (Å²) in [4.78, 5) is 0. The van der Waals surface area contributed by atoms with Crippen molar-refractivity contribution in [3.63, 3.8) is 0 Å². The minimum absolute atomic E-state index is 0.574. The molecule has 5 nitrogen and oxygen atoms in total. The maximum atomic E-state index is 5.99. The molecule has 20 heavy (non-hydrogen) atoms. The second kappa shape index (κ2) is 5.52. The Labute approximate surface area is 116 Å². The van der Waals surface area contributed by atoms with Crippen LogP contribution < -0.4 is 15.8 Å². The third kappa shape index (κ3) is 2.66. The van der Waals surface area contributed by atoms with Crippen LogP contribution in [0.4, 0.5) is 11.4 Å². The summed E-state index contributed by atoms with van der Waals surface area (Å²) in [6.45, 7) is 1.25. The van der Waals surface area contributed by atoms with Crippen molar-refractivity contribution in [2.24, 2.45) is 0 Å². The predicted molar refractivity (Wildman–Crippen MR) is 80.9 cm³/mol. The highest BCUT2D eigenvalue weighted by Crippen LogP contribution is 2.24. The Morgan fingerprint density at radius 1 is 1.20 bits per heavy atom. The van der Waals surface area contributed by atoms with E-state index in [0.29, 0.717) is 18.8 Å². The van der Waals surface area contributed by atoms with Crippen LogP contribution in [0.25, 0.3) is 10.9 Å². The Bertz CT molecular complexity index is 693. The topological polar surface area (TPSA) is 76.0 Å². The molecule has 0 saturated carbocycles. The van der Waals surface area contributed by atoms with Crippen LogP contribution in [0.5, 0.6) is 5.75 Å². The summed E-state index contributed by atoms with van der Waals surface area (Å²) < 4.78 is 5.62. The monoisotopic (exact) mass is 268 g/mol. The molecule has 102 valence electrons. The summed E-state index contributed by atoms with van der Waals surface area (Å²) in [5.74, 6) is 0.867. The number of anilines is 2. The number of fused-ring (bicyclic) bond motifs is 1. The molecule has 0 unspecified atom stereocenters. The molecule has 0 amide bonds. The van der Waals surface area contributed by atoms with Crippen molar-refractivity contribution in [1.82, 2.24) is 10.2 Å². The Balaban J connectivity index is 1.58. The third-order valence-electron chi connectivity index (χ3n) is 3.04. The lowest BCUT2D eigenvalue weighted by molar-refractivity contribution is 0.333. The Hall–Kier alpha value is -2.69. The Morgan fingerprint density at radius 2 is 2.05 bits per heavy atom.